The summed E-state index contributed by atoms with van der Waals surface area (Å²) < 4.78 is 3.24. The van der Waals surface area contributed by atoms with Gasteiger partial charge in [0.05, 0.1) is 0 Å². The Labute approximate surface area is 212 Å². The van der Waals surface area contributed by atoms with E-state index in [1.54, 1.807) is 21.2 Å². The Bertz CT molecular complexity index is 1080. The van der Waals surface area contributed by atoms with Crippen molar-refractivity contribution in [1.29, 1.82) is 0 Å². The summed E-state index contributed by atoms with van der Waals surface area (Å²) in [6, 6.07) is 47.0. The second-order valence-corrected chi connectivity index (χ2v) is 19.1. The molecule has 1 aliphatic carbocycles. The van der Waals surface area contributed by atoms with Crippen LogP contribution in [0.5, 0.6) is 0 Å². The third kappa shape index (κ3) is 3.72. The molecule has 0 amide bonds. The quantitative estimate of drug-likeness (QED) is 0.286. The van der Waals surface area contributed by atoms with Crippen molar-refractivity contribution in [2.75, 3.05) is 5.90 Å². The zero-order valence-electron chi connectivity index (χ0n) is 20.7. The molecule has 6 rings (SSSR count). The first-order valence-electron chi connectivity index (χ1n) is 13.3. The van der Waals surface area contributed by atoms with Gasteiger partial charge in [-0.2, -0.15) is 0 Å². The molecule has 180 valence electrons. The predicted octanol–water partition coefficient (Wildman–Crippen LogP) is 6.47. The summed E-state index contributed by atoms with van der Waals surface area (Å²) >= 11 is 0. The van der Waals surface area contributed by atoms with Crippen LogP contribution in [0.1, 0.15) is 32.6 Å². The van der Waals surface area contributed by atoms with E-state index in [4.69, 9.17) is 0 Å². The molecule has 0 spiro atoms. The molecule has 1 saturated heterocycles. The molecule has 0 bridgehead atoms. The van der Waals surface area contributed by atoms with Crippen LogP contribution < -0.4 is 21.2 Å². The normalized spacial score (nSPS) is 25.2. The van der Waals surface area contributed by atoms with Crippen molar-refractivity contribution in [2.45, 2.75) is 38.6 Å². The molecular weight excluding hydrogens is 460 g/mol. The minimum absolute atomic E-state index is 0.636. The number of rotatable bonds is 5. The molecule has 1 aliphatic heterocycles. The molecule has 0 aromatic heterocycles. The second kappa shape index (κ2) is 9.63. The zero-order valence-corrected chi connectivity index (χ0v) is 22.7. The van der Waals surface area contributed by atoms with Crippen molar-refractivity contribution < 1.29 is 0 Å². The van der Waals surface area contributed by atoms with Gasteiger partial charge in [-0.25, -0.2) is 0 Å². The fraction of sp³-hybridized carbons (Fsp3) is 0.250. The fourth-order valence-electron chi connectivity index (χ4n) is 7.17. The van der Waals surface area contributed by atoms with Crippen molar-refractivity contribution in [3.05, 3.63) is 121 Å². The van der Waals surface area contributed by atoms with E-state index < -0.39 is 14.8 Å². The van der Waals surface area contributed by atoms with Gasteiger partial charge in [-0.1, -0.05) is 0 Å². The van der Waals surface area contributed by atoms with Crippen LogP contribution in [0.2, 0.25) is 0 Å². The molecule has 4 aromatic carbocycles. The number of hydrogen-bond donors (Lipinski definition) is 0. The van der Waals surface area contributed by atoms with Crippen molar-refractivity contribution in [1.82, 2.24) is 4.44 Å². The Morgan fingerprint density at radius 3 is 1.20 bits per heavy atom. The summed E-state index contributed by atoms with van der Waals surface area (Å²) in [5.41, 5.74) is 0. The van der Waals surface area contributed by atoms with Crippen LogP contribution >= 0.6 is 14.8 Å². The molecule has 0 radical (unpaired) electrons. The Balaban J connectivity index is 1.65. The molecule has 0 N–H and O–H groups in total. The summed E-state index contributed by atoms with van der Waals surface area (Å²) in [6.45, 7) is 2.53. The molecule has 1 heterocycles. The SMILES string of the molecule is CC1CCCCC1N1[PH](c2ccccc2)(c2ccccc2)C[PH]1(c1ccccc1)c1ccccc1. The monoisotopic (exact) mass is 497 g/mol. The Morgan fingerprint density at radius 2 is 0.857 bits per heavy atom. The van der Waals surface area contributed by atoms with Gasteiger partial charge in [-0.15, -0.1) is 0 Å². The summed E-state index contributed by atoms with van der Waals surface area (Å²) in [5, 5.41) is 6.33. The van der Waals surface area contributed by atoms with Crippen LogP contribution in [0.15, 0.2) is 121 Å². The number of hydrogen-bond acceptors (Lipinski definition) is 1. The van der Waals surface area contributed by atoms with Crippen molar-refractivity contribution in [2.24, 2.45) is 5.92 Å². The van der Waals surface area contributed by atoms with Gasteiger partial charge < -0.3 is 0 Å². The van der Waals surface area contributed by atoms with Crippen LogP contribution in [-0.4, -0.2) is 16.4 Å². The third-order valence-corrected chi connectivity index (χ3v) is 22.6. The molecule has 1 nitrogen and oxygen atoms in total. The molecule has 1 saturated carbocycles. The molecular formula is C32H37NP2. The average Bonchev–Trinajstić information content (AvgIpc) is 2.92. The molecule has 35 heavy (non-hydrogen) atoms. The first-order chi connectivity index (χ1) is 17.3. The molecule has 2 aliphatic rings. The summed E-state index contributed by atoms with van der Waals surface area (Å²) in [6.07, 6.45) is 5.41. The van der Waals surface area contributed by atoms with Gasteiger partial charge in [-0.05, 0) is 0 Å². The molecule has 3 heteroatoms. The summed E-state index contributed by atoms with van der Waals surface area (Å²) in [7, 11) is -4.32. The van der Waals surface area contributed by atoms with Crippen molar-refractivity contribution >= 4 is 36.0 Å². The second-order valence-electron chi connectivity index (χ2n) is 10.6. The van der Waals surface area contributed by atoms with E-state index in [1.807, 2.05) is 0 Å². The van der Waals surface area contributed by atoms with E-state index in [0.717, 1.165) is 5.92 Å². The van der Waals surface area contributed by atoms with E-state index >= 15 is 0 Å². The standard InChI is InChI=1S/C32H37NP2/c1-27-16-14-15-25-32(27)33-34(28-17-6-2-7-18-28,29-19-8-3-9-20-29)26-35(33,30-21-10-4-11-22-30)31-23-12-5-13-24-31/h2-13,17-24,27,32,34-35H,14-16,25-26H2,1H3. The van der Waals surface area contributed by atoms with Crippen LogP contribution in [0, 0.1) is 5.92 Å². The van der Waals surface area contributed by atoms with Crippen molar-refractivity contribution in [3.63, 3.8) is 0 Å². The number of benzene rings is 4. The Morgan fingerprint density at radius 1 is 0.514 bits per heavy atom. The summed E-state index contributed by atoms with van der Waals surface area (Å²) in [4.78, 5) is 0. The maximum absolute atomic E-state index is 3.24. The Hall–Kier alpha value is -2.30. The molecule has 2 atom stereocenters. The van der Waals surface area contributed by atoms with Crippen LogP contribution in [-0.2, 0) is 0 Å². The zero-order chi connectivity index (χ0) is 23.7. The van der Waals surface area contributed by atoms with Gasteiger partial charge in [0.25, 0.3) is 0 Å². The van der Waals surface area contributed by atoms with Gasteiger partial charge in [0, 0.05) is 0 Å². The molecule has 2 unspecified atom stereocenters. The van der Waals surface area contributed by atoms with E-state index in [2.05, 4.69) is 133 Å². The summed E-state index contributed by atoms with van der Waals surface area (Å²) in [5.74, 6) is 2.04. The average molecular weight is 498 g/mol. The predicted molar refractivity (Wildman–Crippen MR) is 159 cm³/mol. The van der Waals surface area contributed by atoms with E-state index in [-0.39, 0.29) is 0 Å². The molecule has 4 aromatic rings. The van der Waals surface area contributed by atoms with Crippen LogP contribution in [0.4, 0.5) is 0 Å². The van der Waals surface area contributed by atoms with E-state index in [1.165, 1.54) is 31.6 Å². The number of nitrogens with zero attached hydrogens (tertiary/aromatic N) is 1. The van der Waals surface area contributed by atoms with Crippen LogP contribution in [0.3, 0.4) is 0 Å². The first kappa shape index (κ1) is 23.1. The van der Waals surface area contributed by atoms with Gasteiger partial charge in [0.1, 0.15) is 0 Å². The van der Waals surface area contributed by atoms with Crippen molar-refractivity contribution in [3.8, 4) is 0 Å². The van der Waals surface area contributed by atoms with Gasteiger partial charge in [0.2, 0.25) is 0 Å². The topological polar surface area (TPSA) is 3.24 Å². The Kier molecular flexibility index (Phi) is 6.36. The molecule has 2 fully saturated rings. The minimum atomic E-state index is -2.16. The van der Waals surface area contributed by atoms with Gasteiger partial charge in [-0.3, -0.25) is 0 Å². The third-order valence-electron chi connectivity index (χ3n) is 8.74. The van der Waals surface area contributed by atoms with E-state index in [0.29, 0.717) is 6.04 Å². The van der Waals surface area contributed by atoms with Gasteiger partial charge >= 0.3 is 212 Å². The van der Waals surface area contributed by atoms with Crippen LogP contribution in [0.25, 0.3) is 0 Å². The van der Waals surface area contributed by atoms with E-state index in [9.17, 15) is 0 Å². The maximum atomic E-state index is 3.24. The fourth-order valence-corrected chi connectivity index (χ4v) is 24.8. The van der Waals surface area contributed by atoms with Gasteiger partial charge in [0.15, 0.2) is 0 Å². The first-order valence-corrected chi connectivity index (χ1v) is 17.6.